The quantitative estimate of drug-likeness (QED) is 0.599. The second kappa shape index (κ2) is 5.86. The van der Waals surface area contributed by atoms with E-state index in [1.54, 1.807) is 20.0 Å². The molecule has 7 heteroatoms. The molecule has 0 saturated heterocycles. The SMILES string of the molecule is CCOC(=O)c1nc(-c2cc(I)c(C)cc2F)n(C)n1. The maximum absolute atomic E-state index is 14.1. The number of hydrogen-bond donors (Lipinski definition) is 0. The fourth-order valence-electron chi connectivity index (χ4n) is 1.72. The molecule has 0 spiro atoms. The third kappa shape index (κ3) is 2.82. The highest BCUT2D eigenvalue weighted by molar-refractivity contribution is 14.1. The van der Waals surface area contributed by atoms with Crippen molar-refractivity contribution in [3.05, 3.63) is 32.9 Å². The van der Waals surface area contributed by atoms with Crippen molar-refractivity contribution in [3.8, 4) is 11.4 Å². The highest BCUT2D eigenvalue weighted by atomic mass is 127. The van der Waals surface area contributed by atoms with E-state index in [2.05, 4.69) is 32.7 Å². The first-order chi connectivity index (χ1) is 9.43. The Kier molecular flexibility index (Phi) is 4.36. The Morgan fingerprint density at radius 1 is 1.50 bits per heavy atom. The predicted octanol–water partition coefficient (Wildman–Crippen LogP) is 2.71. The van der Waals surface area contributed by atoms with Crippen molar-refractivity contribution in [1.82, 2.24) is 14.8 Å². The molecule has 0 saturated carbocycles. The number of carbonyl (C=O) groups excluding carboxylic acids is 1. The molecule has 2 rings (SSSR count). The number of benzene rings is 1. The minimum atomic E-state index is -0.614. The van der Waals surface area contributed by atoms with Crippen LogP contribution >= 0.6 is 22.6 Å². The fourth-order valence-corrected chi connectivity index (χ4v) is 2.19. The van der Waals surface area contributed by atoms with Crippen LogP contribution in [0, 0.1) is 16.3 Å². The van der Waals surface area contributed by atoms with E-state index in [-0.39, 0.29) is 12.4 Å². The Labute approximate surface area is 129 Å². The average molecular weight is 389 g/mol. The molecule has 106 valence electrons. The normalized spacial score (nSPS) is 10.7. The molecule has 0 unspecified atom stereocenters. The van der Waals surface area contributed by atoms with E-state index >= 15 is 0 Å². The second-order valence-electron chi connectivity index (χ2n) is 4.18. The highest BCUT2D eigenvalue weighted by Gasteiger charge is 2.19. The number of hydrogen-bond acceptors (Lipinski definition) is 4. The molecule has 1 aromatic heterocycles. The summed E-state index contributed by atoms with van der Waals surface area (Å²) in [6.07, 6.45) is 0. The Hall–Kier alpha value is -1.51. The molecule has 0 atom stereocenters. The lowest BCUT2D eigenvalue weighted by Crippen LogP contribution is -2.07. The summed E-state index contributed by atoms with van der Waals surface area (Å²) in [5, 5.41) is 3.96. The molecule has 0 N–H and O–H groups in total. The first-order valence-electron chi connectivity index (χ1n) is 5.98. The van der Waals surface area contributed by atoms with Crippen LogP contribution in [0.4, 0.5) is 4.39 Å². The maximum Gasteiger partial charge on any atom is 0.378 e. The van der Waals surface area contributed by atoms with Gasteiger partial charge in [0.05, 0.1) is 12.2 Å². The standard InChI is InChI=1S/C13H13FIN3O2/c1-4-20-13(19)11-16-12(18(3)17-11)8-6-10(15)7(2)5-9(8)14/h5-6H,4H2,1-3H3. The van der Waals surface area contributed by atoms with Crippen molar-refractivity contribution in [2.24, 2.45) is 7.05 Å². The molecule has 0 aliphatic rings. The Morgan fingerprint density at radius 3 is 2.85 bits per heavy atom. The van der Waals surface area contributed by atoms with E-state index in [0.717, 1.165) is 9.13 Å². The summed E-state index contributed by atoms with van der Waals surface area (Å²) >= 11 is 2.12. The van der Waals surface area contributed by atoms with E-state index in [0.29, 0.717) is 11.4 Å². The van der Waals surface area contributed by atoms with Crippen LogP contribution in [0.25, 0.3) is 11.4 Å². The molecular weight excluding hydrogens is 376 g/mol. The van der Waals surface area contributed by atoms with E-state index < -0.39 is 11.8 Å². The maximum atomic E-state index is 14.1. The average Bonchev–Trinajstić information content (AvgIpc) is 2.76. The van der Waals surface area contributed by atoms with Gasteiger partial charge in [-0.25, -0.2) is 18.9 Å². The summed E-state index contributed by atoms with van der Waals surface area (Å²) in [5.74, 6) is -0.784. The van der Waals surface area contributed by atoms with E-state index in [1.807, 2.05) is 6.92 Å². The molecule has 0 aliphatic heterocycles. The van der Waals surface area contributed by atoms with Gasteiger partial charge in [0.15, 0.2) is 5.82 Å². The van der Waals surface area contributed by atoms with E-state index in [4.69, 9.17) is 4.74 Å². The van der Waals surface area contributed by atoms with Gasteiger partial charge in [-0.05, 0) is 54.1 Å². The molecular formula is C13H13FIN3O2. The first kappa shape index (κ1) is 14.9. The zero-order valence-electron chi connectivity index (χ0n) is 11.3. The molecule has 20 heavy (non-hydrogen) atoms. The number of ether oxygens (including phenoxy) is 1. The molecule has 0 bridgehead atoms. The number of rotatable bonds is 3. The summed E-state index contributed by atoms with van der Waals surface area (Å²) in [6.45, 7) is 3.77. The van der Waals surface area contributed by atoms with Gasteiger partial charge in [0.25, 0.3) is 5.82 Å². The van der Waals surface area contributed by atoms with Crippen LogP contribution in [0.1, 0.15) is 23.1 Å². The zero-order valence-corrected chi connectivity index (χ0v) is 13.4. The molecule has 0 radical (unpaired) electrons. The number of aryl methyl sites for hydroxylation is 2. The van der Waals surface area contributed by atoms with Crippen LogP contribution < -0.4 is 0 Å². The van der Waals surface area contributed by atoms with Gasteiger partial charge in [-0.1, -0.05) is 0 Å². The molecule has 5 nitrogen and oxygen atoms in total. The van der Waals surface area contributed by atoms with Gasteiger partial charge in [-0.15, -0.1) is 5.10 Å². The Balaban J connectivity index is 2.49. The first-order valence-corrected chi connectivity index (χ1v) is 7.06. The van der Waals surface area contributed by atoms with Gasteiger partial charge in [0, 0.05) is 10.6 Å². The third-order valence-corrected chi connectivity index (χ3v) is 3.87. The number of aromatic nitrogens is 3. The third-order valence-electron chi connectivity index (χ3n) is 2.71. The summed E-state index contributed by atoms with van der Waals surface area (Å²) < 4.78 is 21.2. The fraction of sp³-hybridized carbons (Fsp3) is 0.308. The van der Waals surface area contributed by atoms with Crippen LogP contribution in [0.3, 0.4) is 0 Å². The second-order valence-corrected chi connectivity index (χ2v) is 5.35. The van der Waals surface area contributed by atoms with Crippen LogP contribution in [0.5, 0.6) is 0 Å². The highest BCUT2D eigenvalue weighted by Crippen LogP contribution is 2.25. The van der Waals surface area contributed by atoms with Crippen molar-refractivity contribution in [1.29, 1.82) is 0 Å². The van der Waals surface area contributed by atoms with Gasteiger partial charge >= 0.3 is 5.97 Å². The lowest BCUT2D eigenvalue weighted by atomic mass is 10.1. The lowest BCUT2D eigenvalue weighted by molar-refractivity contribution is 0.0512. The molecule has 1 heterocycles. The van der Waals surface area contributed by atoms with Crippen molar-refractivity contribution in [2.75, 3.05) is 6.61 Å². The van der Waals surface area contributed by atoms with Crippen LogP contribution in [0.2, 0.25) is 0 Å². The molecule has 0 aliphatic carbocycles. The summed E-state index contributed by atoms with van der Waals surface area (Å²) in [6, 6.07) is 3.12. The van der Waals surface area contributed by atoms with Gasteiger partial charge in [0.1, 0.15) is 5.82 Å². The number of esters is 1. The summed E-state index contributed by atoms with van der Waals surface area (Å²) in [4.78, 5) is 15.7. The van der Waals surface area contributed by atoms with Crippen molar-refractivity contribution < 1.29 is 13.9 Å². The van der Waals surface area contributed by atoms with Crippen molar-refractivity contribution >= 4 is 28.6 Å². The van der Waals surface area contributed by atoms with Crippen LogP contribution in [0.15, 0.2) is 12.1 Å². The lowest BCUT2D eigenvalue weighted by Gasteiger charge is -2.05. The number of halogens is 2. The predicted molar refractivity (Wildman–Crippen MR) is 79.8 cm³/mol. The Morgan fingerprint density at radius 2 is 2.20 bits per heavy atom. The molecule has 0 amide bonds. The Bertz CT molecular complexity index is 670. The van der Waals surface area contributed by atoms with E-state index in [9.17, 15) is 9.18 Å². The van der Waals surface area contributed by atoms with Crippen molar-refractivity contribution in [3.63, 3.8) is 0 Å². The minimum absolute atomic E-state index is 0.0701. The molecule has 0 fully saturated rings. The minimum Gasteiger partial charge on any atom is -0.460 e. The van der Waals surface area contributed by atoms with Gasteiger partial charge < -0.3 is 4.74 Å². The van der Waals surface area contributed by atoms with Gasteiger partial charge in [0.2, 0.25) is 0 Å². The van der Waals surface area contributed by atoms with Crippen LogP contribution in [-0.4, -0.2) is 27.3 Å². The molecule has 1 aromatic carbocycles. The number of nitrogens with zero attached hydrogens (tertiary/aromatic N) is 3. The van der Waals surface area contributed by atoms with Crippen LogP contribution in [-0.2, 0) is 11.8 Å². The smallest absolute Gasteiger partial charge is 0.378 e. The largest absolute Gasteiger partial charge is 0.460 e. The topological polar surface area (TPSA) is 57.0 Å². The van der Waals surface area contributed by atoms with Crippen molar-refractivity contribution in [2.45, 2.75) is 13.8 Å². The van der Waals surface area contributed by atoms with E-state index in [1.165, 1.54) is 10.7 Å². The summed E-state index contributed by atoms with van der Waals surface area (Å²) in [5.41, 5.74) is 1.16. The zero-order chi connectivity index (χ0) is 14.9. The monoisotopic (exact) mass is 389 g/mol. The van der Waals surface area contributed by atoms with Gasteiger partial charge in [-0.3, -0.25) is 0 Å². The number of carbonyl (C=O) groups is 1. The summed E-state index contributed by atoms with van der Waals surface area (Å²) in [7, 11) is 1.61. The molecule has 2 aromatic rings. The van der Waals surface area contributed by atoms with Gasteiger partial charge in [-0.2, -0.15) is 0 Å².